The third-order valence-electron chi connectivity index (χ3n) is 3.74. The van der Waals surface area contributed by atoms with E-state index in [4.69, 9.17) is 0 Å². The fraction of sp³-hybridized carbons (Fsp3) is 0.294. The number of likely N-dealkylation sites (N-methyl/N-ethyl adjacent to an activating group) is 1. The zero-order chi connectivity index (χ0) is 16.4. The van der Waals surface area contributed by atoms with E-state index in [1.165, 1.54) is 16.2 Å². The van der Waals surface area contributed by atoms with Gasteiger partial charge in [0.25, 0.3) is 5.91 Å². The second-order valence-corrected chi connectivity index (χ2v) is 6.85. The van der Waals surface area contributed by atoms with Crippen molar-refractivity contribution < 1.29 is 9.69 Å². The third kappa shape index (κ3) is 3.28. The van der Waals surface area contributed by atoms with Crippen molar-refractivity contribution >= 4 is 22.2 Å². The van der Waals surface area contributed by atoms with Crippen molar-refractivity contribution in [3.8, 4) is 11.3 Å². The summed E-state index contributed by atoms with van der Waals surface area (Å²) < 4.78 is 2.00. The molecule has 3 rings (SSSR count). The van der Waals surface area contributed by atoms with Crippen LogP contribution in [0.25, 0.3) is 16.2 Å². The van der Waals surface area contributed by atoms with Gasteiger partial charge >= 0.3 is 0 Å². The highest BCUT2D eigenvalue weighted by Crippen LogP contribution is 2.26. The molecule has 0 aliphatic heterocycles. The van der Waals surface area contributed by atoms with Crippen LogP contribution < -0.4 is 10.2 Å². The number of hydrogen-bond acceptors (Lipinski definition) is 3. The number of fused-ring (bicyclic) bond motifs is 1. The molecule has 0 aliphatic rings. The smallest absolute Gasteiger partial charge is 0.263 e. The Morgan fingerprint density at radius 2 is 2.04 bits per heavy atom. The number of nitrogens with one attached hydrogen (secondary N) is 2. The number of thiazole rings is 1. The van der Waals surface area contributed by atoms with Gasteiger partial charge in [0.2, 0.25) is 0 Å². The predicted molar refractivity (Wildman–Crippen MR) is 93.3 cm³/mol. The van der Waals surface area contributed by atoms with Gasteiger partial charge < -0.3 is 10.2 Å². The number of carbonyl (C=O) groups excluding carboxylic acids is 1. The third-order valence-corrected chi connectivity index (χ3v) is 4.90. The number of amides is 1. The largest absolute Gasteiger partial charge is 0.346 e. The fourth-order valence-electron chi connectivity index (χ4n) is 2.42. The Kier molecular flexibility index (Phi) is 4.45. The van der Waals surface area contributed by atoms with Gasteiger partial charge in [-0.25, -0.2) is 4.98 Å². The Labute approximate surface area is 139 Å². The molecule has 1 aromatic carbocycles. The van der Waals surface area contributed by atoms with Gasteiger partial charge in [-0.15, -0.1) is 0 Å². The first kappa shape index (κ1) is 15.7. The Morgan fingerprint density at radius 3 is 2.70 bits per heavy atom. The maximum Gasteiger partial charge on any atom is 0.263 e. The molecule has 6 heteroatoms. The Bertz CT molecular complexity index is 820. The van der Waals surface area contributed by atoms with E-state index in [2.05, 4.69) is 24.4 Å². The molecule has 5 nitrogen and oxygen atoms in total. The van der Waals surface area contributed by atoms with Crippen LogP contribution in [0, 0.1) is 6.92 Å². The maximum atomic E-state index is 12.3. The average Bonchev–Trinajstić information content (AvgIpc) is 3.08. The van der Waals surface area contributed by atoms with Crippen molar-refractivity contribution in [2.24, 2.45) is 0 Å². The summed E-state index contributed by atoms with van der Waals surface area (Å²) in [6, 6.07) is 10.1. The van der Waals surface area contributed by atoms with E-state index in [-0.39, 0.29) is 5.91 Å². The highest BCUT2D eigenvalue weighted by molar-refractivity contribution is 7.19. The van der Waals surface area contributed by atoms with E-state index in [0.717, 1.165) is 33.3 Å². The van der Waals surface area contributed by atoms with E-state index < -0.39 is 0 Å². The van der Waals surface area contributed by atoms with Gasteiger partial charge in [0, 0.05) is 17.5 Å². The minimum Gasteiger partial charge on any atom is -0.346 e. The van der Waals surface area contributed by atoms with Crippen LogP contribution in [0.3, 0.4) is 0 Å². The van der Waals surface area contributed by atoms with Gasteiger partial charge in [-0.05, 0) is 6.92 Å². The molecule has 2 N–H and O–H groups in total. The first-order valence-electron chi connectivity index (χ1n) is 7.67. The molecule has 0 saturated heterocycles. The van der Waals surface area contributed by atoms with Crippen LogP contribution in [0.15, 0.2) is 36.5 Å². The molecule has 0 unspecified atom stereocenters. The summed E-state index contributed by atoms with van der Waals surface area (Å²) >= 11 is 1.44. The van der Waals surface area contributed by atoms with Crippen molar-refractivity contribution in [3.63, 3.8) is 0 Å². The lowest BCUT2D eigenvalue weighted by molar-refractivity contribution is -0.856. The topological polar surface area (TPSA) is 50.8 Å². The summed E-state index contributed by atoms with van der Waals surface area (Å²) in [5.74, 6) is -0.0134. The summed E-state index contributed by atoms with van der Waals surface area (Å²) in [6.45, 7) is 3.55. The number of rotatable bonds is 5. The normalized spacial score (nSPS) is 11.3. The molecule has 3 aromatic rings. The van der Waals surface area contributed by atoms with E-state index in [1.54, 1.807) is 0 Å². The molecule has 0 spiro atoms. The molecule has 0 fully saturated rings. The number of benzene rings is 1. The first-order valence-corrected chi connectivity index (χ1v) is 8.49. The van der Waals surface area contributed by atoms with Gasteiger partial charge in [-0.1, -0.05) is 41.7 Å². The van der Waals surface area contributed by atoms with Gasteiger partial charge in [-0.3, -0.25) is 9.20 Å². The van der Waals surface area contributed by atoms with Crippen LogP contribution in [0.2, 0.25) is 0 Å². The highest BCUT2D eigenvalue weighted by atomic mass is 32.1. The Morgan fingerprint density at radius 1 is 1.30 bits per heavy atom. The van der Waals surface area contributed by atoms with Crippen molar-refractivity contribution in [3.05, 3.63) is 47.1 Å². The number of carbonyl (C=O) groups is 1. The molecular formula is C17H21N4OS+. The van der Waals surface area contributed by atoms with Crippen LogP contribution >= 0.6 is 11.3 Å². The predicted octanol–water partition coefficient (Wildman–Crippen LogP) is 1.25. The van der Waals surface area contributed by atoms with Crippen molar-refractivity contribution in [2.45, 2.75) is 6.92 Å². The minimum atomic E-state index is -0.0134. The van der Waals surface area contributed by atoms with E-state index in [1.807, 2.05) is 47.9 Å². The second-order valence-electron chi connectivity index (χ2n) is 5.87. The second kappa shape index (κ2) is 6.52. The molecule has 2 aromatic heterocycles. The number of aromatic nitrogens is 2. The lowest BCUT2D eigenvalue weighted by atomic mass is 10.2. The molecule has 0 aliphatic carbocycles. The Balaban J connectivity index is 1.83. The van der Waals surface area contributed by atoms with Gasteiger partial charge in [0.05, 0.1) is 32.9 Å². The summed E-state index contributed by atoms with van der Waals surface area (Å²) in [5.41, 5.74) is 2.96. The van der Waals surface area contributed by atoms with E-state index in [0.29, 0.717) is 6.54 Å². The van der Waals surface area contributed by atoms with Crippen LogP contribution in [0.5, 0.6) is 0 Å². The minimum absolute atomic E-state index is 0.0134. The quantitative estimate of drug-likeness (QED) is 0.740. The maximum absolute atomic E-state index is 12.3. The molecule has 0 bridgehead atoms. The molecule has 0 atom stereocenters. The average molecular weight is 329 g/mol. The number of imidazole rings is 1. The first-order chi connectivity index (χ1) is 11.1. The number of aryl methyl sites for hydroxylation is 1. The molecular weight excluding hydrogens is 308 g/mol. The molecule has 1 amide bonds. The van der Waals surface area contributed by atoms with Crippen molar-refractivity contribution in [2.75, 3.05) is 27.2 Å². The number of nitrogens with zero attached hydrogens (tertiary/aromatic N) is 2. The summed E-state index contributed by atoms with van der Waals surface area (Å²) in [7, 11) is 4.14. The molecule has 120 valence electrons. The molecule has 0 saturated carbocycles. The SMILES string of the molecule is Cc1c(C(=O)NCC[NH+](C)C)sc2nc(-c3ccccc3)cn12. The molecule has 23 heavy (non-hydrogen) atoms. The summed E-state index contributed by atoms with van der Waals surface area (Å²) in [5, 5.41) is 2.98. The van der Waals surface area contributed by atoms with Crippen LogP contribution in [-0.2, 0) is 0 Å². The lowest BCUT2D eigenvalue weighted by Gasteiger charge is -2.07. The van der Waals surface area contributed by atoms with E-state index >= 15 is 0 Å². The summed E-state index contributed by atoms with van der Waals surface area (Å²) in [4.78, 5) is 19.9. The van der Waals surface area contributed by atoms with Crippen molar-refractivity contribution in [1.82, 2.24) is 14.7 Å². The van der Waals surface area contributed by atoms with Gasteiger partial charge in [0.15, 0.2) is 4.96 Å². The fourth-order valence-corrected chi connectivity index (χ4v) is 3.44. The highest BCUT2D eigenvalue weighted by Gasteiger charge is 2.17. The van der Waals surface area contributed by atoms with Gasteiger partial charge in [-0.2, -0.15) is 0 Å². The van der Waals surface area contributed by atoms with Crippen LogP contribution in [0.4, 0.5) is 0 Å². The van der Waals surface area contributed by atoms with Crippen LogP contribution in [0.1, 0.15) is 15.4 Å². The standard InChI is InChI=1S/C17H20N4OS/c1-12-15(16(22)18-9-10-20(2)3)23-17-19-14(11-21(12)17)13-7-5-4-6-8-13/h4-8,11H,9-10H2,1-3H3,(H,18,22)/p+1. The van der Waals surface area contributed by atoms with Gasteiger partial charge in [0.1, 0.15) is 4.88 Å². The number of hydrogen-bond donors (Lipinski definition) is 2. The zero-order valence-electron chi connectivity index (χ0n) is 13.6. The monoisotopic (exact) mass is 329 g/mol. The van der Waals surface area contributed by atoms with Crippen molar-refractivity contribution in [1.29, 1.82) is 0 Å². The summed E-state index contributed by atoms with van der Waals surface area (Å²) in [6.07, 6.45) is 2.00. The molecule has 2 heterocycles. The van der Waals surface area contributed by atoms with E-state index in [9.17, 15) is 4.79 Å². The zero-order valence-corrected chi connectivity index (χ0v) is 14.4. The number of quaternary nitrogens is 1. The molecule has 0 radical (unpaired) electrons. The Hall–Kier alpha value is -2.18. The lowest BCUT2D eigenvalue weighted by Crippen LogP contribution is -3.06. The van der Waals surface area contributed by atoms with Crippen LogP contribution in [-0.4, -0.2) is 42.5 Å².